The quantitative estimate of drug-likeness (QED) is 0.260. The summed E-state index contributed by atoms with van der Waals surface area (Å²) in [6.07, 6.45) is 1.16. The van der Waals surface area contributed by atoms with E-state index in [0.717, 1.165) is 0 Å². The number of amides is 2. The summed E-state index contributed by atoms with van der Waals surface area (Å²) in [6, 6.07) is 16.1. The van der Waals surface area contributed by atoms with Gasteiger partial charge in [0.1, 0.15) is 5.82 Å². The third-order valence-corrected chi connectivity index (χ3v) is 4.62. The van der Waals surface area contributed by atoms with Crippen LogP contribution in [-0.4, -0.2) is 36.7 Å². The number of para-hydroxylation sites is 1. The van der Waals surface area contributed by atoms with E-state index in [2.05, 4.69) is 15.8 Å². The van der Waals surface area contributed by atoms with Crippen molar-refractivity contribution in [2.45, 2.75) is 6.42 Å². The molecular formula is C24H21FN4O6. The molecule has 3 rings (SSSR count). The van der Waals surface area contributed by atoms with Gasteiger partial charge >= 0.3 is 0 Å². The average Bonchev–Trinajstić information content (AvgIpc) is 2.84. The monoisotopic (exact) mass is 480 g/mol. The van der Waals surface area contributed by atoms with E-state index in [1.54, 1.807) is 24.3 Å². The molecule has 2 amide bonds. The van der Waals surface area contributed by atoms with Crippen molar-refractivity contribution >= 4 is 29.4 Å². The van der Waals surface area contributed by atoms with Crippen LogP contribution in [0.3, 0.4) is 0 Å². The van der Waals surface area contributed by atoms with E-state index < -0.39 is 22.6 Å². The number of hydrazone groups is 1. The van der Waals surface area contributed by atoms with E-state index in [-0.39, 0.29) is 24.3 Å². The van der Waals surface area contributed by atoms with Gasteiger partial charge in [0.15, 0.2) is 18.1 Å². The van der Waals surface area contributed by atoms with Crippen LogP contribution >= 0.6 is 0 Å². The van der Waals surface area contributed by atoms with Crippen molar-refractivity contribution in [2.24, 2.45) is 5.10 Å². The molecule has 0 aliphatic rings. The summed E-state index contributed by atoms with van der Waals surface area (Å²) in [7, 11) is 1.43. The number of nitro benzene ring substituents is 1. The van der Waals surface area contributed by atoms with E-state index in [1.165, 1.54) is 55.8 Å². The first kappa shape index (κ1) is 24.8. The van der Waals surface area contributed by atoms with Gasteiger partial charge in [0.2, 0.25) is 5.91 Å². The number of nitrogens with zero attached hydrogens (tertiary/aromatic N) is 2. The predicted molar refractivity (Wildman–Crippen MR) is 126 cm³/mol. The second kappa shape index (κ2) is 11.9. The number of anilines is 1. The van der Waals surface area contributed by atoms with Gasteiger partial charge in [0.25, 0.3) is 11.6 Å². The number of carbonyl (C=O) groups excluding carboxylic acids is 2. The van der Waals surface area contributed by atoms with E-state index in [1.807, 2.05) is 0 Å². The summed E-state index contributed by atoms with van der Waals surface area (Å²) in [5.41, 5.74) is 3.46. The molecule has 0 atom stereocenters. The van der Waals surface area contributed by atoms with Crippen LogP contribution in [0.5, 0.6) is 11.5 Å². The van der Waals surface area contributed by atoms with Crippen molar-refractivity contribution < 1.29 is 28.4 Å². The fourth-order valence-electron chi connectivity index (χ4n) is 2.99. The van der Waals surface area contributed by atoms with Gasteiger partial charge in [-0.1, -0.05) is 18.2 Å². The molecule has 3 aromatic rings. The highest BCUT2D eigenvalue weighted by molar-refractivity contribution is 5.92. The summed E-state index contributed by atoms with van der Waals surface area (Å²) >= 11 is 0. The van der Waals surface area contributed by atoms with Crippen molar-refractivity contribution in [2.75, 3.05) is 19.0 Å². The summed E-state index contributed by atoms with van der Waals surface area (Å²) in [6.45, 7) is -0.303. The molecule has 180 valence electrons. The normalized spacial score (nSPS) is 10.6. The van der Waals surface area contributed by atoms with Crippen molar-refractivity contribution in [3.8, 4) is 11.5 Å². The van der Waals surface area contributed by atoms with Gasteiger partial charge in [0.05, 0.1) is 24.7 Å². The van der Waals surface area contributed by atoms with E-state index in [4.69, 9.17) is 9.47 Å². The Morgan fingerprint density at radius 2 is 1.80 bits per heavy atom. The Hall–Kier alpha value is -4.80. The van der Waals surface area contributed by atoms with Gasteiger partial charge in [0, 0.05) is 17.3 Å². The first-order valence-corrected chi connectivity index (χ1v) is 10.3. The molecule has 0 spiro atoms. The lowest BCUT2D eigenvalue weighted by molar-refractivity contribution is -0.385. The molecule has 0 fully saturated rings. The van der Waals surface area contributed by atoms with E-state index >= 15 is 0 Å². The molecule has 2 N–H and O–H groups in total. The third kappa shape index (κ3) is 7.35. The first-order valence-electron chi connectivity index (χ1n) is 10.3. The number of hydrogen-bond acceptors (Lipinski definition) is 7. The molecule has 0 saturated carbocycles. The van der Waals surface area contributed by atoms with Gasteiger partial charge in [-0.05, 0) is 48.0 Å². The van der Waals surface area contributed by atoms with E-state index in [0.29, 0.717) is 22.7 Å². The van der Waals surface area contributed by atoms with Crippen LogP contribution in [0.2, 0.25) is 0 Å². The fourth-order valence-corrected chi connectivity index (χ4v) is 2.99. The lowest BCUT2D eigenvalue weighted by Gasteiger charge is -2.11. The van der Waals surface area contributed by atoms with Crippen molar-refractivity contribution in [3.05, 3.63) is 93.8 Å². The zero-order chi connectivity index (χ0) is 25.2. The molecule has 0 aliphatic carbocycles. The van der Waals surface area contributed by atoms with Crippen LogP contribution in [0.15, 0.2) is 71.8 Å². The van der Waals surface area contributed by atoms with Gasteiger partial charge in [-0.3, -0.25) is 19.7 Å². The number of hydrogen-bond donors (Lipinski definition) is 2. The lowest BCUT2D eigenvalue weighted by Crippen LogP contribution is -2.20. The van der Waals surface area contributed by atoms with Crippen LogP contribution in [0.25, 0.3) is 0 Å². The minimum Gasteiger partial charge on any atom is -0.493 e. The molecule has 0 unspecified atom stereocenters. The second-order valence-corrected chi connectivity index (χ2v) is 7.11. The zero-order valence-electron chi connectivity index (χ0n) is 18.6. The number of nitrogens with one attached hydrogen (secondary N) is 2. The maximum atomic E-state index is 13.0. The van der Waals surface area contributed by atoms with Crippen molar-refractivity contribution in [1.29, 1.82) is 0 Å². The standard InChI is InChI=1S/C24H21FN4O6/c1-34-22-12-16(14-26-28-23(30)13-17-4-2-3-5-20(17)29(32)33)6-11-21(22)35-15-24(31)27-19-9-7-18(25)8-10-19/h2-12,14H,13,15H2,1H3,(H,27,31)(H,28,30). The first-order chi connectivity index (χ1) is 16.9. The van der Waals surface area contributed by atoms with Crippen LogP contribution in [0.1, 0.15) is 11.1 Å². The smallest absolute Gasteiger partial charge is 0.273 e. The van der Waals surface area contributed by atoms with Gasteiger partial charge < -0.3 is 14.8 Å². The number of halogens is 1. The Labute approximate surface area is 199 Å². The SMILES string of the molecule is COc1cc(C=NNC(=O)Cc2ccccc2[N+](=O)[O-])ccc1OCC(=O)Nc1ccc(F)cc1. The van der Waals surface area contributed by atoms with Crippen molar-refractivity contribution in [3.63, 3.8) is 0 Å². The zero-order valence-corrected chi connectivity index (χ0v) is 18.6. The Balaban J connectivity index is 1.54. The lowest BCUT2D eigenvalue weighted by atomic mass is 10.1. The molecule has 0 saturated heterocycles. The van der Waals surface area contributed by atoms with Gasteiger partial charge in [-0.2, -0.15) is 5.10 Å². The van der Waals surface area contributed by atoms with Crippen LogP contribution < -0.4 is 20.2 Å². The molecule has 10 nitrogen and oxygen atoms in total. The Kier molecular flexibility index (Phi) is 8.43. The summed E-state index contributed by atoms with van der Waals surface area (Å²) < 4.78 is 23.7. The van der Waals surface area contributed by atoms with Crippen molar-refractivity contribution in [1.82, 2.24) is 5.43 Å². The number of carbonyl (C=O) groups is 2. The number of ether oxygens (including phenoxy) is 2. The number of rotatable bonds is 10. The minimum atomic E-state index is -0.547. The molecule has 0 bridgehead atoms. The summed E-state index contributed by atoms with van der Waals surface area (Å²) in [5, 5.41) is 17.5. The number of nitro groups is 1. The number of methoxy groups -OCH3 is 1. The highest BCUT2D eigenvalue weighted by Crippen LogP contribution is 2.27. The molecule has 0 aliphatic heterocycles. The number of benzene rings is 3. The van der Waals surface area contributed by atoms with Gasteiger partial charge in [-0.15, -0.1) is 0 Å². The maximum absolute atomic E-state index is 13.0. The topological polar surface area (TPSA) is 132 Å². The molecule has 0 aromatic heterocycles. The molecule has 11 heteroatoms. The van der Waals surface area contributed by atoms with Crippen LogP contribution in [0.4, 0.5) is 15.8 Å². The third-order valence-electron chi connectivity index (χ3n) is 4.62. The molecule has 0 heterocycles. The van der Waals surface area contributed by atoms with Crippen LogP contribution in [-0.2, 0) is 16.0 Å². The molecule has 0 radical (unpaired) electrons. The van der Waals surface area contributed by atoms with E-state index in [9.17, 15) is 24.1 Å². The Bertz CT molecular complexity index is 1250. The Morgan fingerprint density at radius 3 is 2.51 bits per heavy atom. The second-order valence-electron chi connectivity index (χ2n) is 7.11. The van der Waals surface area contributed by atoms with Crippen LogP contribution in [0, 0.1) is 15.9 Å². The predicted octanol–water partition coefficient (Wildman–Crippen LogP) is 3.45. The molecule has 35 heavy (non-hydrogen) atoms. The minimum absolute atomic E-state index is 0.140. The van der Waals surface area contributed by atoms with Gasteiger partial charge in [-0.25, -0.2) is 9.82 Å². The highest BCUT2D eigenvalue weighted by atomic mass is 19.1. The molecule has 3 aromatic carbocycles. The summed E-state index contributed by atoms with van der Waals surface area (Å²) in [5.74, 6) is -0.734. The Morgan fingerprint density at radius 1 is 1.06 bits per heavy atom. The molecular weight excluding hydrogens is 459 g/mol. The average molecular weight is 480 g/mol. The fraction of sp³-hybridized carbons (Fsp3) is 0.125. The maximum Gasteiger partial charge on any atom is 0.273 e. The largest absolute Gasteiger partial charge is 0.493 e. The highest BCUT2D eigenvalue weighted by Gasteiger charge is 2.15. The summed E-state index contributed by atoms with van der Waals surface area (Å²) in [4.78, 5) is 34.7.